The van der Waals surface area contributed by atoms with Crippen LogP contribution in [-0.4, -0.2) is 34.6 Å². The standard InChI is InChI=1S/C37H28BrN3O5S2/c38-20-11-13-21(14-12-20)41-35(43)30-24-16-25(31(30)36(41)44)32-29(24)28(33-34(47-32)40-37(45)48-33)19-7-3-8-22(15-19)46-17-27(42)39-26-10-4-6-18-5-1-2-9-23(18)26/h1-15,24-25,28-32H,16-17H2,(H,39,42)(H,40,45)/t24-,25-,28-,29?,30?,31?,32?/m1/s1. The first-order chi connectivity index (χ1) is 23.4. The summed E-state index contributed by atoms with van der Waals surface area (Å²) in [6.45, 7) is -0.168. The van der Waals surface area contributed by atoms with Crippen molar-refractivity contribution in [1.82, 2.24) is 4.98 Å². The normalized spacial score (nSPS) is 26.8. The summed E-state index contributed by atoms with van der Waals surface area (Å²) in [5.41, 5.74) is 2.30. The Morgan fingerprint density at radius 1 is 0.917 bits per heavy atom. The molecular formula is C37H28BrN3O5S2. The van der Waals surface area contributed by atoms with Crippen LogP contribution < -0.4 is 19.8 Å². The first kappa shape index (κ1) is 29.9. The third kappa shape index (κ3) is 4.69. The molecule has 3 heterocycles. The molecule has 3 amide bonds. The number of amides is 3. The average molecular weight is 739 g/mol. The molecule has 8 nitrogen and oxygen atoms in total. The van der Waals surface area contributed by atoms with Gasteiger partial charge in [-0.1, -0.05) is 75.8 Å². The molecule has 4 aromatic carbocycles. The zero-order valence-corrected chi connectivity index (χ0v) is 28.5. The number of halogens is 1. The fraction of sp³-hybridized carbons (Fsp3) is 0.243. The minimum absolute atomic E-state index is 0.000739. The highest BCUT2D eigenvalue weighted by Gasteiger charge is 2.69. The number of carbonyl (C=O) groups is 3. The Morgan fingerprint density at radius 3 is 2.50 bits per heavy atom. The number of nitrogens with one attached hydrogen (secondary N) is 2. The molecule has 4 unspecified atom stereocenters. The van der Waals surface area contributed by atoms with Crippen LogP contribution in [-0.2, 0) is 14.4 Å². The molecule has 240 valence electrons. The maximum absolute atomic E-state index is 14.0. The van der Waals surface area contributed by atoms with Crippen LogP contribution in [0.1, 0.15) is 22.8 Å². The van der Waals surface area contributed by atoms with Gasteiger partial charge in [-0.05, 0) is 77.6 Å². The Kier molecular flexibility index (Phi) is 7.14. The van der Waals surface area contributed by atoms with E-state index < -0.39 is 0 Å². The maximum Gasteiger partial charge on any atom is 0.305 e. The summed E-state index contributed by atoms with van der Waals surface area (Å²) in [5, 5.41) is 5.90. The lowest BCUT2D eigenvalue weighted by Gasteiger charge is -2.43. The molecule has 2 aliphatic carbocycles. The number of thiazole rings is 1. The number of rotatable bonds is 6. The van der Waals surface area contributed by atoms with Gasteiger partial charge in [0, 0.05) is 31.6 Å². The molecule has 1 aromatic heterocycles. The van der Waals surface area contributed by atoms with Crippen molar-refractivity contribution in [2.75, 3.05) is 16.8 Å². The van der Waals surface area contributed by atoms with Crippen LogP contribution in [0.15, 0.2) is 105 Å². The molecular weight excluding hydrogens is 710 g/mol. The summed E-state index contributed by atoms with van der Waals surface area (Å²) in [6, 6.07) is 28.7. The molecule has 0 spiro atoms. The molecule has 2 bridgehead atoms. The molecule has 3 fully saturated rings. The van der Waals surface area contributed by atoms with Gasteiger partial charge in [-0.3, -0.25) is 24.1 Å². The number of carbonyl (C=O) groups excluding carboxylic acids is 3. The quantitative estimate of drug-likeness (QED) is 0.181. The predicted molar refractivity (Wildman–Crippen MR) is 190 cm³/mol. The van der Waals surface area contributed by atoms with E-state index in [1.54, 1.807) is 11.8 Å². The highest BCUT2D eigenvalue weighted by molar-refractivity contribution is 9.10. The van der Waals surface area contributed by atoms with Gasteiger partial charge in [0.15, 0.2) is 6.61 Å². The highest BCUT2D eigenvalue weighted by atomic mass is 79.9. The fourth-order valence-electron chi connectivity index (χ4n) is 8.70. The molecule has 2 saturated carbocycles. The number of hydrogen-bond acceptors (Lipinski definition) is 7. The highest BCUT2D eigenvalue weighted by Crippen LogP contribution is 2.68. The SMILES string of the molecule is O=C(COc1cccc([C@H]2c3sc(=O)[nH]c3SC3C2[C@H]2C[C@@H]3C3C(=O)N(c4ccc(Br)cc4)C(=O)C32)c1)Nc1cccc2ccccc12. The minimum atomic E-state index is -0.384. The number of H-pyrrole nitrogens is 1. The van der Waals surface area contributed by atoms with Gasteiger partial charge in [-0.2, -0.15) is 0 Å². The second-order valence-electron chi connectivity index (χ2n) is 12.9. The molecule has 11 heteroatoms. The van der Waals surface area contributed by atoms with Gasteiger partial charge in [0.1, 0.15) is 5.75 Å². The van der Waals surface area contributed by atoms with E-state index in [9.17, 15) is 19.2 Å². The summed E-state index contributed by atoms with van der Waals surface area (Å²) in [6.07, 6.45) is 0.809. The van der Waals surface area contributed by atoms with E-state index in [0.717, 1.165) is 42.8 Å². The molecule has 48 heavy (non-hydrogen) atoms. The van der Waals surface area contributed by atoms with Crippen LogP contribution in [0.4, 0.5) is 11.4 Å². The lowest BCUT2D eigenvalue weighted by atomic mass is 9.68. The topological polar surface area (TPSA) is 109 Å². The zero-order chi connectivity index (χ0) is 32.7. The van der Waals surface area contributed by atoms with Crippen LogP contribution in [0.25, 0.3) is 10.8 Å². The van der Waals surface area contributed by atoms with Crippen molar-refractivity contribution >= 4 is 78.9 Å². The monoisotopic (exact) mass is 737 g/mol. The Labute approximate surface area is 292 Å². The molecule has 4 aliphatic rings. The number of imide groups is 1. The first-order valence-electron chi connectivity index (χ1n) is 15.9. The van der Waals surface area contributed by atoms with Crippen molar-refractivity contribution in [3.05, 3.63) is 116 Å². The van der Waals surface area contributed by atoms with Gasteiger partial charge in [0.25, 0.3) is 5.91 Å². The van der Waals surface area contributed by atoms with E-state index >= 15 is 0 Å². The number of anilines is 2. The largest absolute Gasteiger partial charge is 0.484 e. The molecule has 7 atom stereocenters. The number of aromatic amines is 1. The van der Waals surface area contributed by atoms with E-state index in [0.29, 0.717) is 11.4 Å². The van der Waals surface area contributed by atoms with Crippen molar-refractivity contribution in [3.63, 3.8) is 0 Å². The van der Waals surface area contributed by atoms with Crippen LogP contribution in [0, 0.1) is 29.6 Å². The third-order valence-electron chi connectivity index (χ3n) is 10.5. The molecule has 5 aromatic rings. The van der Waals surface area contributed by atoms with Crippen molar-refractivity contribution in [3.8, 4) is 5.75 Å². The van der Waals surface area contributed by atoms with E-state index in [1.807, 2.05) is 91.0 Å². The van der Waals surface area contributed by atoms with Gasteiger partial charge < -0.3 is 15.0 Å². The van der Waals surface area contributed by atoms with Crippen LogP contribution in [0.2, 0.25) is 0 Å². The summed E-state index contributed by atoms with van der Waals surface area (Å²) in [4.78, 5) is 58.9. The molecule has 9 rings (SSSR count). The van der Waals surface area contributed by atoms with Gasteiger partial charge >= 0.3 is 4.87 Å². The van der Waals surface area contributed by atoms with Crippen molar-refractivity contribution in [1.29, 1.82) is 0 Å². The Morgan fingerprint density at radius 2 is 1.67 bits per heavy atom. The average Bonchev–Trinajstić information content (AvgIpc) is 3.83. The Balaban J connectivity index is 0.999. The van der Waals surface area contributed by atoms with E-state index in [2.05, 4.69) is 26.2 Å². The Bertz CT molecular complexity index is 2190. The lowest BCUT2D eigenvalue weighted by Crippen LogP contribution is -2.42. The first-order valence-corrected chi connectivity index (χ1v) is 18.4. The number of thioether (sulfide) groups is 1. The van der Waals surface area contributed by atoms with E-state index in [-0.39, 0.29) is 70.0 Å². The number of aromatic nitrogens is 1. The minimum Gasteiger partial charge on any atom is -0.484 e. The third-order valence-corrected chi connectivity index (χ3v) is 13.6. The van der Waals surface area contributed by atoms with E-state index in [1.165, 1.54) is 16.2 Å². The lowest BCUT2D eigenvalue weighted by molar-refractivity contribution is -0.123. The smallest absolute Gasteiger partial charge is 0.305 e. The zero-order valence-electron chi connectivity index (χ0n) is 25.3. The van der Waals surface area contributed by atoms with Crippen LogP contribution >= 0.6 is 39.0 Å². The number of nitrogens with zero attached hydrogens (tertiary/aromatic N) is 1. The molecule has 0 radical (unpaired) electrons. The number of ether oxygens (including phenoxy) is 1. The van der Waals surface area contributed by atoms with Gasteiger partial charge in [-0.15, -0.1) is 11.8 Å². The fourth-order valence-corrected chi connectivity index (χ4v) is 11.9. The summed E-state index contributed by atoms with van der Waals surface area (Å²) < 4.78 is 6.91. The molecule has 2 N–H and O–H groups in total. The van der Waals surface area contributed by atoms with Crippen LogP contribution in [0.3, 0.4) is 0 Å². The number of benzene rings is 4. The maximum atomic E-state index is 14.0. The second kappa shape index (κ2) is 11.5. The number of hydrogen-bond donors (Lipinski definition) is 2. The summed E-state index contributed by atoms with van der Waals surface area (Å²) in [7, 11) is 0. The number of fused-ring (bicyclic) bond motifs is 10. The van der Waals surface area contributed by atoms with Crippen molar-refractivity contribution in [2.45, 2.75) is 22.6 Å². The Hall–Kier alpha value is -4.19. The predicted octanol–water partition coefficient (Wildman–Crippen LogP) is 7.05. The second-order valence-corrected chi connectivity index (χ2v) is 16.0. The summed E-state index contributed by atoms with van der Waals surface area (Å²) in [5.74, 6) is -0.751. The van der Waals surface area contributed by atoms with Gasteiger partial charge in [-0.25, -0.2) is 0 Å². The van der Waals surface area contributed by atoms with Crippen molar-refractivity contribution in [2.24, 2.45) is 29.6 Å². The molecule has 2 aliphatic heterocycles. The summed E-state index contributed by atoms with van der Waals surface area (Å²) >= 11 is 6.33. The van der Waals surface area contributed by atoms with Gasteiger partial charge in [0.05, 0.1) is 22.5 Å². The van der Waals surface area contributed by atoms with E-state index in [4.69, 9.17) is 4.74 Å². The molecule has 1 saturated heterocycles. The van der Waals surface area contributed by atoms with Gasteiger partial charge in [0.2, 0.25) is 11.8 Å². The van der Waals surface area contributed by atoms with Crippen molar-refractivity contribution < 1.29 is 19.1 Å². The van der Waals surface area contributed by atoms with Crippen LogP contribution in [0.5, 0.6) is 5.75 Å².